The highest BCUT2D eigenvalue weighted by Gasteiger charge is 2.04. The standard InChI is InChI=1S/C11H24O4S/c1-2-8-11(12)9-6-4-3-5-7-10-16(13,14)15/h11-12H,2-10H2,1H3,(H,13,14,15). The van der Waals surface area contributed by atoms with Crippen molar-refractivity contribution >= 4 is 10.1 Å². The summed E-state index contributed by atoms with van der Waals surface area (Å²) >= 11 is 0. The van der Waals surface area contributed by atoms with Gasteiger partial charge in [-0.05, 0) is 19.3 Å². The normalized spacial score (nSPS) is 13.9. The molecule has 0 aromatic heterocycles. The Morgan fingerprint density at radius 2 is 1.56 bits per heavy atom. The molecule has 0 saturated carbocycles. The highest BCUT2D eigenvalue weighted by molar-refractivity contribution is 7.85. The molecule has 0 aliphatic rings. The Morgan fingerprint density at radius 1 is 1.00 bits per heavy atom. The van der Waals surface area contributed by atoms with Crippen LogP contribution in [0.15, 0.2) is 0 Å². The predicted octanol–water partition coefficient (Wildman–Crippen LogP) is 2.38. The van der Waals surface area contributed by atoms with Crippen molar-refractivity contribution in [2.75, 3.05) is 5.75 Å². The van der Waals surface area contributed by atoms with Crippen LogP contribution in [0.1, 0.15) is 58.3 Å². The van der Waals surface area contributed by atoms with Crippen molar-refractivity contribution in [3.05, 3.63) is 0 Å². The van der Waals surface area contributed by atoms with Crippen LogP contribution in [0.5, 0.6) is 0 Å². The van der Waals surface area contributed by atoms with Crippen LogP contribution in [0.2, 0.25) is 0 Å². The van der Waals surface area contributed by atoms with Crippen molar-refractivity contribution in [2.45, 2.75) is 64.4 Å². The van der Waals surface area contributed by atoms with E-state index in [4.69, 9.17) is 4.55 Å². The van der Waals surface area contributed by atoms with E-state index in [0.29, 0.717) is 6.42 Å². The Morgan fingerprint density at radius 3 is 2.12 bits per heavy atom. The molecule has 1 atom stereocenters. The van der Waals surface area contributed by atoms with Crippen molar-refractivity contribution in [1.29, 1.82) is 0 Å². The fraction of sp³-hybridized carbons (Fsp3) is 1.00. The summed E-state index contributed by atoms with van der Waals surface area (Å²) in [6.07, 6.45) is 6.86. The average Bonchev–Trinajstić information content (AvgIpc) is 2.15. The summed E-state index contributed by atoms with van der Waals surface area (Å²) in [5.41, 5.74) is 0. The molecule has 1 unspecified atom stereocenters. The van der Waals surface area contributed by atoms with Crippen LogP contribution >= 0.6 is 0 Å². The number of rotatable bonds is 10. The molecule has 0 bridgehead atoms. The summed E-state index contributed by atoms with van der Waals surface area (Å²) in [7, 11) is -3.78. The molecule has 16 heavy (non-hydrogen) atoms. The third-order valence-corrected chi connectivity index (χ3v) is 3.37. The Kier molecular flexibility index (Phi) is 8.89. The number of aliphatic hydroxyl groups excluding tert-OH is 1. The van der Waals surface area contributed by atoms with E-state index in [1.807, 2.05) is 0 Å². The third-order valence-electron chi connectivity index (χ3n) is 2.56. The quantitative estimate of drug-likeness (QED) is 0.462. The molecule has 0 aliphatic heterocycles. The topological polar surface area (TPSA) is 74.6 Å². The third kappa shape index (κ3) is 11.9. The van der Waals surface area contributed by atoms with Gasteiger partial charge in [0.2, 0.25) is 0 Å². The van der Waals surface area contributed by atoms with Gasteiger partial charge in [0, 0.05) is 0 Å². The second kappa shape index (κ2) is 8.96. The van der Waals surface area contributed by atoms with Gasteiger partial charge in [0.15, 0.2) is 0 Å². The van der Waals surface area contributed by atoms with E-state index in [0.717, 1.165) is 44.9 Å². The summed E-state index contributed by atoms with van der Waals surface area (Å²) < 4.78 is 29.3. The molecule has 0 spiro atoms. The molecule has 0 fully saturated rings. The molecular formula is C11H24O4S. The monoisotopic (exact) mass is 252 g/mol. The molecule has 0 radical (unpaired) electrons. The number of aliphatic hydroxyl groups is 1. The van der Waals surface area contributed by atoms with Crippen LogP contribution in [0.25, 0.3) is 0 Å². The summed E-state index contributed by atoms with van der Waals surface area (Å²) in [4.78, 5) is 0. The van der Waals surface area contributed by atoms with Gasteiger partial charge in [-0.25, -0.2) is 0 Å². The average molecular weight is 252 g/mol. The van der Waals surface area contributed by atoms with E-state index < -0.39 is 10.1 Å². The van der Waals surface area contributed by atoms with Crippen LogP contribution in [-0.2, 0) is 10.1 Å². The van der Waals surface area contributed by atoms with Gasteiger partial charge in [0.25, 0.3) is 10.1 Å². The van der Waals surface area contributed by atoms with Crippen LogP contribution in [0.4, 0.5) is 0 Å². The first-order valence-corrected chi connectivity index (χ1v) is 7.70. The van der Waals surface area contributed by atoms with E-state index in [-0.39, 0.29) is 11.9 Å². The SMILES string of the molecule is CCCC(O)CCCCCCCS(=O)(=O)O. The van der Waals surface area contributed by atoms with Crippen molar-refractivity contribution in [1.82, 2.24) is 0 Å². The van der Waals surface area contributed by atoms with Gasteiger partial charge in [-0.15, -0.1) is 0 Å². The first-order chi connectivity index (χ1) is 7.45. The Bertz CT molecular complexity index is 249. The molecule has 0 aliphatic carbocycles. The minimum Gasteiger partial charge on any atom is -0.393 e. The molecule has 0 heterocycles. The van der Waals surface area contributed by atoms with Crippen molar-refractivity contribution in [3.8, 4) is 0 Å². The molecule has 0 amide bonds. The van der Waals surface area contributed by atoms with E-state index in [1.165, 1.54) is 0 Å². The van der Waals surface area contributed by atoms with Crippen LogP contribution in [0, 0.1) is 0 Å². The maximum absolute atomic E-state index is 10.4. The van der Waals surface area contributed by atoms with Crippen LogP contribution < -0.4 is 0 Å². The zero-order valence-electron chi connectivity index (χ0n) is 10.1. The van der Waals surface area contributed by atoms with Crippen molar-refractivity contribution in [2.24, 2.45) is 0 Å². The summed E-state index contributed by atoms with van der Waals surface area (Å²) in [6, 6.07) is 0. The molecule has 5 heteroatoms. The van der Waals surface area contributed by atoms with E-state index in [1.54, 1.807) is 0 Å². The lowest BCUT2D eigenvalue weighted by molar-refractivity contribution is 0.150. The minimum absolute atomic E-state index is 0.133. The summed E-state index contributed by atoms with van der Waals surface area (Å²) in [6.45, 7) is 2.05. The zero-order chi connectivity index (χ0) is 12.4. The second-order valence-corrected chi connectivity index (χ2v) is 5.86. The molecule has 0 aromatic rings. The fourth-order valence-corrected chi connectivity index (χ4v) is 2.24. The smallest absolute Gasteiger partial charge is 0.264 e. The van der Waals surface area contributed by atoms with Crippen molar-refractivity contribution in [3.63, 3.8) is 0 Å². The van der Waals surface area contributed by atoms with Gasteiger partial charge in [-0.2, -0.15) is 8.42 Å². The van der Waals surface area contributed by atoms with E-state index >= 15 is 0 Å². The maximum Gasteiger partial charge on any atom is 0.264 e. The molecule has 0 saturated heterocycles. The Labute approximate surface area is 98.8 Å². The number of unbranched alkanes of at least 4 members (excludes halogenated alkanes) is 4. The summed E-state index contributed by atoms with van der Waals surface area (Å²) in [5.74, 6) is -0.133. The number of hydrogen-bond acceptors (Lipinski definition) is 3. The van der Waals surface area contributed by atoms with Gasteiger partial charge in [0.1, 0.15) is 0 Å². The maximum atomic E-state index is 10.4. The molecular weight excluding hydrogens is 228 g/mol. The molecule has 98 valence electrons. The first-order valence-electron chi connectivity index (χ1n) is 6.09. The van der Waals surface area contributed by atoms with Gasteiger partial charge >= 0.3 is 0 Å². The van der Waals surface area contributed by atoms with Gasteiger partial charge in [-0.3, -0.25) is 4.55 Å². The number of hydrogen-bond donors (Lipinski definition) is 2. The van der Waals surface area contributed by atoms with Gasteiger partial charge in [0.05, 0.1) is 11.9 Å². The van der Waals surface area contributed by atoms with Crippen LogP contribution in [-0.4, -0.2) is 29.9 Å². The molecule has 0 rings (SSSR count). The lowest BCUT2D eigenvalue weighted by atomic mass is 10.1. The highest BCUT2D eigenvalue weighted by Crippen LogP contribution is 2.10. The van der Waals surface area contributed by atoms with E-state index in [2.05, 4.69) is 6.92 Å². The first kappa shape index (κ1) is 15.9. The van der Waals surface area contributed by atoms with Crippen molar-refractivity contribution < 1.29 is 18.1 Å². The fourth-order valence-electron chi connectivity index (χ4n) is 1.67. The summed E-state index contributed by atoms with van der Waals surface area (Å²) in [5, 5.41) is 9.45. The zero-order valence-corrected chi connectivity index (χ0v) is 10.9. The lowest BCUT2D eigenvalue weighted by Gasteiger charge is -2.08. The van der Waals surface area contributed by atoms with Gasteiger partial charge < -0.3 is 5.11 Å². The van der Waals surface area contributed by atoms with Crippen LogP contribution in [0.3, 0.4) is 0 Å². The Balaban J connectivity index is 3.22. The predicted molar refractivity (Wildman–Crippen MR) is 65.0 cm³/mol. The lowest BCUT2D eigenvalue weighted by Crippen LogP contribution is -2.05. The Hall–Kier alpha value is -0.130. The van der Waals surface area contributed by atoms with E-state index in [9.17, 15) is 13.5 Å². The second-order valence-electron chi connectivity index (χ2n) is 4.28. The van der Waals surface area contributed by atoms with Gasteiger partial charge in [-0.1, -0.05) is 39.0 Å². The molecule has 2 N–H and O–H groups in total. The molecule has 0 aromatic carbocycles. The minimum atomic E-state index is -3.78. The highest BCUT2D eigenvalue weighted by atomic mass is 32.2. The molecule has 4 nitrogen and oxygen atoms in total. The largest absolute Gasteiger partial charge is 0.393 e.